The molecule has 1 fully saturated rings. The smallest absolute Gasteiger partial charge is 0.347 e. The number of nitrogens with one attached hydrogen (secondary N) is 2. The number of amides is 4. The highest BCUT2D eigenvalue weighted by atomic mass is 35.5. The van der Waals surface area contributed by atoms with Gasteiger partial charge in [0.1, 0.15) is 27.1 Å². The fourth-order valence-electron chi connectivity index (χ4n) is 3.94. The number of hydrogen-bond donors (Lipinski definition) is 6. The number of nitrogens with zero attached hydrogens (tertiary/aromatic N) is 4. The minimum absolute atomic E-state index is 0.00276. The van der Waals surface area contributed by atoms with Crippen LogP contribution in [0.25, 0.3) is 0 Å². The summed E-state index contributed by atoms with van der Waals surface area (Å²) < 4.78 is 1.50. The molecule has 0 radical (unpaired) electrons. The van der Waals surface area contributed by atoms with Crippen LogP contribution in [0.2, 0.25) is 4.34 Å². The third kappa shape index (κ3) is 6.16. The molecule has 2 aliphatic rings. The van der Waals surface area contributed by atoms with Crippen molar-refractivity contribution in [1.82, 2.24) is 15.2 Å². The van der Waals surface area contributed by atoms with Crippen molar-refractivity contribution in [2.75, 3.05) is 22.5 Å². The first-order valence-electron chi connectivity index (χ1n) is 11.7. The van der Waals surface area contributed by atoms with Gasteiger partial charge in [-0.25, -0.2) is 14.6 Å². The number of primary amides is 1. The molecule has 2 aromatic rings. The fraction of sp³-hybridized carbons (Fsp3) is 0.273. The number of carbonyl (C=O) groups excluding carboxylic acids is 4. The number of rotatable bonds is 10. The van der Waals surface area contributed by atoms with Gasteiger partial charge in [-0.1, -0.05) is 28.1 Å². The van der Waals surface area contributed by atoms with Gasteiger partial charge in [0.2, 0.25) is 6.10 Å². The third-order valence-corrected chi connectivity index (χ3v) is 8.32. The molecule has 2 aliphatic heterocycles. The van der Waals surface area contributed by atoms with E-state index in [0.717, 1.165) is 16.2 Å². The van der Waals surface area contributed by atoms with E-state index in [1.54, 1.807) is 6.20 Å². The quantitative estimate of drug-likeness (QED) is 0.0715. The second-order valence-electron chi connectivity index (χ2n) is 8.78. The lowest BCUT2D eigenvalue weighted by atomic mass is 10.0. The molecule has 4 rings (SSSR count). The number of anilines is 3. The van der Waals surface area contributed by atoms with E-state index in [4.69, 9.17) is 38.7 Å². The lowest BCUT2D eigenvalue weighted by Gasteiger charge is -2.50. The number of hydrogen-bond acceptors (Lipinski definition) is 13. The number of β-lactam (4-membered cyclic amide) rings is 1. The molecule has 1 saturated heterocycles. The molecule has 0 aliphatic carbocycles. The molecule has 0 saturated carbocycles. The number of pyridine rings is 1. The first-order chi connectivity index (χ1) is 19.8. The summed E-state index contributed by atoms with van der Waals surface area (Å²) in [6.45, 7) is 1.17. The van der Waals surface area contributed by atoms with E-state index in [9.17, 15) is 29.1 Å². The van der Waals surface area contributed by atoms with Crippen molar-refractivity contribution in [2.45, 2.75) is 31.0 Å². The average Bonchev–Trinajstić information content (AvgIpc) is 3.25. The first-order valence-corrected chi connectivity index (χ1v) is 14.0. The molecule has 0 spiro atoms. The number of nitrogens with two attached hydrogens (primary N) is 3. The second kappa shape index (κ2) is 12.1. The number of thiazole rings is 1. The van der Waals surface area contributed by atoms with E-state index in [0.29, 0.717) is 5.57 Å². The highest BCUT2D eigenvalue weighted by Crippen LogP contribution is 2.40. The van der Waals surface area contributed by atoms with Crippen LogP contribution in [0.3, 0.4) is 0 Å². The SMILES string of the molecule is C[C@H](O/N=C(\C(=O)N[C@@H]1C(=O)N2C(C(=O)[O-])=C(C[n+]3ccc(N)c(NC(N)=O)c3)CSC12)c1nc(N)sc1Cl)C(=O)O. The summed E-state index contributed by atoms with van der Waals surface area (Å²) in [5.74, 6) is -4.58. The van der Waals surface area contributed by atoms with Crippen molar-refractivity contribution in [2.24, 2.45) is 10.9 Å². The molecule has 17 nitrogen and oxygen atoms in total. The standard InChI is InChI=1S/C22H22ClN9O8S2/c1-7(19(35)36)40-30-12(11-15(23)42-22(26)29-11)16(33)28-13-17(34)32-14(20(37)38)8(6-41-18(13)32)4-31-3-2-9(24)10(5-31)27-21(25)39/h2-3,5,7,13,18,24H,4,6H2,1H3,(H8,25,26,27,28,29,33,35,36,37,38,39)/b30-12-/t7-,13+,18?/m0/s1. The van der Waals surface area contributed by atoms with Crippen LogP contribution in [0.1, 0.15) is 12.6 Å². The molecular weight excluding hydrogens is 618 g/mol. The maximum Gasteiger partial charge on any atom is 0.347 e. The number of carbonyl (C=O) groups is 5. The van der Waals surface area contributed by atoms with E-state index in [1.807, 2.05) is 0 Å². The number of aromatic nitrogens is 2. The topological polar surface area (TPSA) is 272 Å². The maximum atomic E-state index is 13.2. The summed E-state index contributed by atoms with van der Waals surface area (Å²) in [5.41, 5.74) is 16.3. The molecule has 222 valence electrons. The Morgan fingerprint density at radius 2 is 2.10 bits per heavy atom. The molecule has 9 N–H and O–H groups in total. The van der Waals surface area contributed by atoms with Crippen molar-refractivity contribution in [3.05, 3.63) is 39.8 Å². The van der Waals surface area contributed by atoms with E-state index in [-0.39, 0.29) is 44.5 Å². The van der Waals surface area contributed by atoms with Crippen molar-refractivity contribution >= 4 is 86.7 Å². The minimum atomic E-state index is -1.61. The number of carboxylic acids is 2. The molecule has 4 heterocycles. The maximum absolute atomic E-state index is 13.2. The summed E-state index contributed by atoms with van der Waals surface area (Å²) in [7, 11) is 0. The van der Waals surface area contributed by atoms with Crippen molar-refractivity contribution < 1.29 is 43.6 Å². The Kier molecular flexibility index (Phi) is 8.73. The zero-order chi connectivity index (χ0) is 30.9. The van der Waals surface area contributed by atoms with Crippen LogP contribution in [-0.4, -0.2) is 73.8 Å². The van der Waals surface area contributed by atoms with Gasteiger partial charge in [-0.3, -0.25) is 14.5 Å². The van der Waals surface area contributed by atoms with Crippen LogP contribution in [0.15, 0.2) is 34.9 Å². The second-order valence-corrected chi connectivity index (χ2v) is 11.5. The van der Waals surface area contributed by atoms with Gasteiger partial charge in [-0.2, -0.15) is 4.57 Å². The molecule has 0 bridgehead atoms. The fourth-order valence-corrected chi connectivity index (χ4v) is 6.20. The summed E-state index contributed by atoms with van der Waals surface area (Å²) in [6, 6.07) is -0.557. The van der Waals surface area contributed by atoms with E-state index in [1.165, 1.54) is 35.5 Å². The van der Waals surface area contributed by atoms with Crippen LogP contribution >= 0.6 is 34.7 Å². The zero-order valence-electron chi connectivity index (χ0n) is 21.4. The van der Waals surface area contributed by atoms with Gasteiger partial charge in [-0.05, 0) is 6.92 Å². The van der Waals surface area contributed by atoms with Gasteiger partial charge < -0.3 is 47.7 Å². The number of fused-ring (bicyclic) bond motifs is 1. The van der Waals surface area contributed by atoms with Crippen LogP contribution in [-0.2, 0) is 30.6 Å². The van der Waals surface area contributed by atoms with Gasteiger partial charge >= 0.3 is 12.0 Å². The summed E-state index contributed by atoms with van der Waals surface area (Å²) >= 11 is 8.12. The highest BCUT2D eigenvalue weighted by molar-refractivity contribution is 8.00. The first kappa shape index (κ1) is 30.3. The molecule has 3 atom stereocenters. The number of oxime groups is 1. The Bertz CT molecular complexity index is 1560. The predicted molar refractivity (Wildman–Crippen MR) is 148 cm³/mol. The van der Waals surface area contributed by atoms with Crippen molar-refractivity contribution in [1.29, 1.82) is 0 Å². The van der Waals surface area contributed by atoms with Crippen LogP contribution in [0.4, 0.5) is 21.3 Å². The Balaban J connectivity index is 1.56. The lowest BCUT2D eigenvalue weighted by molar-refractivity contribution is -0.688. The third-order valence-electron chi connectivity index (χ3n) is 5.90. The Hall–Kier alpha value is -4.62. The number of halogens is 1. The van der Waals surface area contributed by atoms with Gasteiger partial charge in [0.25, 0.3) is 11.8 Å². The molecule has 4 amide bonds. The lowest BCUT2D eigenvalue weighted by Crippen LogP contribution is -2.71. The monoisotopic (exact) mass is 639 g/mol. The number of urea groups is 1. The Morgan fingerprint density at radius 1 is 1.38 bits per heavy atom. The number of carboxylic acid groups (broad SMARTS) is 2. The van der Waals surface area contributed by atoms with Gasteiger partial charge in [0.15, 0.2) is 29.8 Å². The summed E-state index contributed by atoms with van der Waals surface area (Å²) in [4.78, 5) is 70.7. The number of aliphatic carboxylic acids is 2. The van der Waals surface area contributed by atoms with Gasteiger partial charge in [-0.15, -0.1) is 11.8 Å². The van der Waals surface area contributed by atoms with Gasteiger partial charge in [0, 0.05) is 17.4 Å². The average molecular weight is 640 g/mol. The molecule has 0 aromatic carbocycles. The van der Waals surface area contributed by atoms with Crippen molar-refractivity contribution in [3.8, 4) is 0 Å². The van der Waals surface area contributed by atoms with E-state index >= 15 is 0 Å². The van der Waals surface area contributed by atoms with E-state index in [2.05, 4.69) is 20.8 Å². The number of thioether (sulfide) groups is 1. The Labute approximate surface area is 249 Å². The summed E-state index contributed by atoms with van der Waals surface area (Å²) in [6.07, 6.45) is 1.55. The summed E-state index contributed by atoms with van der Waals surface area (Å²) in [5, 5.41) is 28.8. The van der Waals surface area contributed by atoms with Crippen LogP contribution < -0.4 is 37.5 Å². The van der Waals surface area contributed by atoms with E-state index < -0.39 is 53.0 Å². The van der Waals surface area contributed by atoms with Gasteiger partial charge in [0.05, 0.1) is 17.4 Å². The molecular formula is C22H22ClN9O8S2. The minimum Gasteiger partial charge on any atom is -0.543 e. The highest BCUT2D eigenvalue weighted by Gasteiger charge is 2.53. The van der Waals surface area contributed by atoms with Crippen molar-refractivity contribution in [3.63, 3.8) is 0 Å². The number of nitrogen functional groups attached to an aromatic ring is 2. The normalized spacial score (nSPS) is 19.0. The van der Waals surface area contributed by atoms with Crippen LogP contribution in [0.5, 0.6) is 0 Å². The largest absolute Gasteiger partial charge is 0.543 e. The molecule has 42 heavy (non-hydrogen) atoms. The Morgan fingerprint density at radius 3 is 2.69 bits per heavy atom. The van der Waals surface area contributed by atoms with Crippen LogP contribution in [0, 0.1) is 0 Å². The zero-order valence-corrected chi connectivity index (χ0v) is 23.8. The molecule has 1 unspecified atom stereocenters. The predicted octanol–water partition coefficient (Wildman–Crippen LogP) is -1.96. The molecule has 2 aromatic heterocycles. The molecule has 20 heteroatoms.